The lowest BCUT2D eigenvalue weighted by Crippen LogP contribution is -2.50. The average molecular weight is 671 g/mol. The molecule has 0 bridgehead atoms. The fourth-order valence-electron chi connectivity index (χ4n) is 6.30. The SMILES string of the molecule is COc1ccc(/C=c2/s/c(=C(\C#N)C(=O)N3CCN(C(c4ccccc4)c4ccccc4)CC3)n(CCc3ccccc3)c2=O)cc1OC. The van der Waals surface area contributed by atoms with Crippen LogP contribution in [0.15, 0.2) is 114 Å². The average Bonchev–Trinajstić information content (AvgIpc) is 3.46. The molecule has 4 aromatic carbocycles. The molecule has 5 aromatic rings. The predicted octanol–water partition coefficient (Wildman–Crippen LogP) is 4.61. The van der Waals surface area contributed by atoms with Crippen molar-refractivity contribution in [3.05, 3.63) is 151 Å². The van der Waals surface area contributed by atoms with E-state index >= 15 is 0 Å². The fourth-order valence-corrected chi connectivity index (χ4v) is 7.42. The number of amides is 1. The van der Waals surface area contributed by atoms with Crippen LogP contribution in [-0.4, -0.2) is 60.7 Å². The summed E-state index contributed by atoms with van der Waals surface area (Å²) in [6.45, 7) is 2.54. The van der Waals surface area contributed by atoms with Gasteiger partial charge < -0.3 is 14.4 Å². The van der Waals surface area contributed by atoms with E-state index in [-0.39, 0.29) is 23.1 Å². The molecule has 0 saturated carbocycles. The summed E-state index contributed by atoms with van der Waals surface area (Å²) in [7, 11) is 3.13. The van der Waals surface area contributed by atoms with Gasteiger partial charge in [0.1, 0.15) is 10.7 Å². The summed E-state index contributed by atoms with van der Waals surface area (Å²) in [5.74, 6) is 0.764. The van der Waals surface area contributed by atoms with Gasteiger partial charge in [-0.1, -0.05) is 97.1 Å². The number of aryl methyl sites for hydroxylation is 1. The topological polar surface area (TPSA) is 87.8 Å². The fraction of sp³-hybridized carbons (Fsp3) is 0.225. The Morgan fingerprint density at radius 1 is 0.837 bits per heavy atom. The van der Waals surface area contributed by atoms with Crippen molar-refractivity contribution in [2.24, 2.45) is 0 Å². The van der Waals surface area contributed by atoms with Crippen molar-refractivity contribution in [1.29, 1.82) is 5.26 Å². The number of nitrogens with zero attached hydrogens (tertiary/aromatic N) is 4. The molecular weight excluding hydrogens is 633 g/mol. The van der Waals surface area contributed by atoms with E-state index in [4.69, 9.17) is 9.47 Å². The molecule has 49 heavy (non-hydrogen) atoms. The van der Waals surface area contributed by atoms with E-state index in [9.17, 15) is 14.9 Å². The van der Waals surface area contributed by atoms with Gasteiger partial charge in [-0.3, -0.25) is 19.1 Å². The van der Waals surface area contributed by atoms with Crippen LogP contribution in [0.25, 0.3) is 11.6 Å². The standard InChI is InChI=1S/C40H38N4O4S/c1-47-34-19-18-30(26-35(34)48-2)27-36-39(46)44(21-20-29-12-6-3-7-13-29)40(49-36)33(28-41)38(45)43-24-22-42(23-25-43)37(31-14-8-4-9-15-31)32-16-10-5-11-17-32/h3-19,26-27,37H,20-25H2,1-2H3/b36-27+,40-33+. The summed E-state index contributed by atoms with van der Waals surface area (Å²) < 4.78 is 13.2. The highest BCUT2D eigenvalue weighted by molar-refractivity contribution is 7.07. The lowest BCUT2D eigenvalue weighted by molar-refractivity contribution is -0.126. The van der Waals surface area contributed by atoms with Gasteiger partial charge in [-0.25, -0.2) is 0 Å². The summed E-state index contributed by atoms with van der Waals surface area (Å²) in [5, 5.41) is 10.4. The van der Waals surface area contributed by atoms with Crippen molar-refractivity contribution in [2.75, 3.05) is 40.4 Å². The van der Waals surface area contributed by atoms with Gasteiger partial charge in [0.05, 0.1) is 24.8 Å². The van der Waals surface area contributed by atoms with Gasteiger partial charge >= 0.3 is 0 Å². The van der Waals surface area contributed by atoms with Crippen molar-refractivity contribution in [3.63, 3.8) is 0 Å². The number of aromatic nitrogens is 1. The minimum atomic E-state index is -0.356. The molecule has 1 fully saturated rings. The van der Waals surface area contributed by atoms with Crippen molar-refractivity contribution in [3.8, 4) is 17.6 Å². The molecule has 248 valence electrons. The number of carbonyl (C=O) groups is 1. The molecule has 9 heteroatoms. The zero-order chi connectivity index (χ0) is 34.2. The summed E-state index contributed by atoms with van der Waals surface area (Å²) in [5.41, 5.74) is 3.92. The molecular formula is C40H38N4O4S. The van der Waals surface area contributed by atoms with E-state index in [2.05, 4.69) is 35.2 Å². The number of piperazine rings is 1. The maximum Gasteiger partial charge on any atom is 0.269 e. The summed E-state index contributed by atoms with van der Waals surface area (Å²) in [6.07, 6.45) is 2.34. The largest absolute Gasteiger partial charge is 0.493 e. The number of hydrogen-bond donors (Lipinski definition) is 0. The second kappa shape index (κ2) is 15.6. The number of carbonyl (C=O) groups excluding carboxylic acids is 1. The summed E-state index contributed by atoms with van der Waals surface area (Å²) >= 11 is 1.17. The summed E-state index contributed by atoms with van der Waals surface area (Å²) in [4.78, 5) is 32.2. The minimum Gasteiger partial charge on any atom is -0.493 e. The Kier molecular flexibility index (Phi) is 10.7. The van der Waals surface area contributed by atoms with Crippen LogP contribution < -0.4 is 24.2 Å². The quantitative estimate of drug-likeness (QED) is 0.216. The molecule has 6 rings (SSSR count). The number of rotatable bonds is 10. The highest BCUT2D eigenvalue weighted by atomic mass is 32.1. The third-order valence-electron chi connectivity index (χ3n) is 8.82. The van der Waals surface area contributed by atoms with Crippen molar-refractivity contribution in [1.82, 2.24) is 14.4 Å². The Labute approximate surface area is 290 Å². The molecule has 0 aliphatic carbocycles. The molecule has 1 aliphatic heterocycles. The smallest absolute Gasteiger partial charge is 0.269 e. The maximum atomic E-state index is 14.1. The van der Waals surface area contributed by atoms with Crippen molar-refractivity contribution >= 4 is 28.9 Å². The lowest BCUT2D eigenvalue weighted by Gasteiger charge is -2.39. The predicted molar refractivity (Wildman–Crippen MR) is 193 cm³/mol. The van der Waals surface area contributed by atoms with E-state index in [1.54, 1.807) is 41.9 Å². The Balaban J connectivity index is 1.33. The molecule has 8 nitrogen and oxygen atoms in total. The van der Waals surface area contributed by atoms with Crippen LogP contribution >= 0.6 is 11.3 Å². The van der Waals surface area contributed by atoms with Crippen LogP contribution in [0.4, 0.5) is 0 Å². The number of hydrogen-bond acceptors (Lipinski definition) is 7. The van der Waals surface area contributed by atoms with Crippen molar-refractivity contribution < 1.29 is 14.3 Å². The van der Waals surface area contributed by atoms with Crippen LogP contribution in [0.2, 0.25) is 0 Å². The third kappa shape index (κ3) is 7.51. The summed E-state index contributed by atoms with van der Waals surface area (Å²) in [6, 6.07) is 38.3. The number of benzene rings is 4. The lowest BCUT2D eigenvalue weighted by atomic mass is 9.96. The molecule has 1 aliphatic rings. The van der Waals surface area contributed by atoms with Crippen LogP contribution in [0.1, 0.15) is 28.3 Å². The number of nitriles is 1. The van der Waals surface area contributed by atoms with E-state index in [1.807, 2.05) is 72.8 Å². The van der Waals surface area contributed by atoms with Gasteiger partial charge in [0.25, 0.3) is 11.5 Å². The number of thiazole rings is 1. The van der Waals surface area contributed by atoms with Gasteiger partial charge in [-0.15, -0.1) is 11.3 Å². The Morgan fingerprint density at radius 3 is 2.00 bits per heavy atom. The van der Waals surface area contributed by atoms with E-state index in [0.29, 0.717) is 59.8 Å². The number of ether oxygens (including phenoxy) is 2. The van der Waals surface area contributed by atoms with Crippen LogP contribution in [0.5, 0.6) is 11.5 Å². The monoisotopic (exact) mass is 670 g/mol. The first-order chi connectivity index (χ1) is 24.0. The van der Waals surface area contributed by atoms with Gasteiger partial charge in [0.15, 0.2) is 17.1 Å². The highest BCUT2D eigenvalue weighted by Gasteiger charge is 2.30. The number of methoxy groups -OCH3 is 2. The Bertz CT molecular complexity index is 2080. The molecule has 0 unspecified atom stereocenters. The Hall–Kier alpha value is -5.43. The second-order valence-corrected chi connectivity index (χ2v) is 12.8. The zero-order valence-electron chi connectivity index (χ0n) is 27.6. The molecule has 0 atom stereocenters. The van der Waals surface area contributed by atoms with Gasteiger partial charge in [-0.05, 0) is 46.9 Å². The normalized spacial score (nSPS) is 14.4. The molecule has 1 saturated heterocycles. The highest BCUT2D eigenvalue weighted by Crippen LogP contribution is 2.30. The first-order valence-electron chi connectivity index (χ1n) is 16.3. The van der Waals surface area contributed by atoms with E-state index < -0.39 is 0 Å². The molecule has 1 amide bonds. The first kappa shape index (κ1) is 33.5. The maximum absolute atomic E-state index is 14.1. The van der Waals surface area contributed by atoms with Crippen LogP contribution in [0, 0.1) is 11.3 Å². The van der Waals surface area contributed by atoms with Crippen molar-refractivity contribution in [2.45, 2.75) is 19.0 Å². The van der Waals surface area contributed by atoms with Crippen LogP contribution in [0.3, 0.4) is 0 Å². The molecule has 0 radical (unpaired) electrons. The Morgan fingerprint density at radius 2 is 1.43 bits per heavy atom. The second-order valence-electron chi connectivity index (χ2n) is 11.8. The molecule has 1 aromatic heterocycles. The van der Waals surface area contributed by atoms with E-state index in [1.165, 1.54) is 22.5 Å². The van der Waals surface area contributed by atoms with Crippen LogP contribution in [-0.2, 0) is 17.8 Å². The van der Waals surface area contributed by atoms with Gasteiger partial charge in [0, 0.05) is 32.7 Å². The zero-order valence-corrected chi connectivity index (χ0v) is 28.4. The molecule has 2 heterocycles. The molecule has 0 spiro atoms. The minimum absolute atomic E-state index is 0.0155. The first-order valence-corrected chi connectivity index (χ1v) is 17.1. The van der Waals surface area contributed by atoms with E-state index in [0.717, 1.165) is 11.1 Å². The third-order valence-corrected chi connectivity index (χ3v) is 9.95. The molecule has 0 N–H and O–H groups in total. The van der Waals surface area contributed by atoms with Gasteiger partial charge in [-0.2, -0.15) is 5.26 Å². The van der Waals surface area contributed by atoms with Gasteiger partial charge in [0.2, 0.25) is 0 Å².